The van der Waals surface area contributed by atoms with Crippen LogP contribution < -0.4 is 22.1 Å². The Balaban J connectivity index is 1.70. The van der Waals surface area contributed by atoms with Crippen molar-refractivity contribution in [3.8, 4) is 0 Å². The third kappa shape index (κ3) is 23.2. The van der Waals surface area contributed by atoms with Crippen LogP contribution in [0.15, 0.2) is 0 Å². The second-order valence-corrected chi connectivity index (χ2v) is 24.2. The molecule has 27 nitrogen and oxygen atoms in total. The van der Waals surface area contributed by atoms with E-state index in [4.69, 9.17) is 53.7 Å². The maximum Gasteiger partial charge on any atom is 0.474 e. The molecule has 460 valence electrons. The van der Waals surface area contributed by atoms with Gasteiger partial charge in [0.25, 0.3) is 0 Å². The third-order valence-electron chi connectivity index (χ3n) is 14.7. The van der Waals surface area contributed by atoms with Crippen LogP contribution in [-0.4, -0.2) is 195 Å². The molecule has 14 N–H and O–H groups in total. The van der Waals surface area contributed by atoms with Crippen molar-refractivity contribution in [3.63, 3.8) is 0 Å². The van der Waals surface area contributed by atoms with E-state index < -0.39 is 156 Å². The van der Waals surface area contributed by atoms with E-state index >= 15 is 0 Å². The van der Waals surface area contributed by atoms with Crippen molar-refractivity contribution in [1.29, 1.82) is 0 Å². The standard InChI is InChI=1S/C51H93N4O23P/c1-26(2)13-12-15-27(3)16-17-29(5)18-21-51(8,9)20-11-10-14-28(4)19-22-70-34(46(65)66)25-71-79(68,69)78-49-44(42(77-50(53)67)40(63)43(75-49)45(52)64)76-48-36(55-31(7)59)39(62)41(33(24-57)73-48)74-47-35(54-30(6)58)38(61)37(60)32(23-56)72-47/h26-29,32-44,47-49,56-57,60-63H,10-25H2,1-9H3,(H2,52,64)(H2,53,67)(H,54,58)(H,55,59)(H,65,66)(H,68,69)/t27?,28?,29?,32-,33-,34-,35-,36-,37-,38-,39-,40-,41-,42+,43+,44-,47+,48+,49-/m1/s1. The van der Waals surface area contributed by atoms with E-state index in [1.54, 1.807) is 0 Å². The van der Waals surface area contributed by atoms with Crippen molar-refractivity contribution in [2.75, 3.05) is 26.4 Å². The molecule has 4 unspecified atom stereocenters. The van der Waals surface area contributed by atoms with Crippen LogP contribution in [0.3, 0.4) is 0 Å². The molecule has 0 aromatic carbocycles. The highest BCUT2D eigenvalue weighted by Gasteiger charge is 2.57. The molecule has 3 aliphatic heterocycles. The van der Waals surface area contributed by atoms with Gasteiger partial charge in [0.1, 0.15) is 54.8 Å². The molecule has 0 saturated carbocycles. The zero-order valence-electron chi connectivity index (χ0n) is 47.2. The van der Waals surface area contributed by atoms with Crippen molar-refractivity contribution >= 4 is 37.6 Å². The lowest BCUT2D eigenvalue weighted by atomic mass is 9.79. The number of unbranched alkanes of at least 4 members (excludes halogenated alkanes) is 1. The first kappa shape index (κ1) is 70.0. The summed E-state index contributed by atoms with van der Waals surface area (Å²) in [6.45, 7) is 14.9. The number of carboxylic acid groups (broad SMARTS) is 1. The molecule has 3 saturated heterocycles. The molecule has 0 aromatic rings. The Hall–Kier alpha value is -3.22. The van der Waals surface area contributed by atoms with Gasteiger partial charge in [-0.3, -0.25) is 23.4 Å². The third-order valence-corrected chi connectivity index (χ3v) is 15.6. The highest BCUT2D eigenvalue weighted by molar-refractivity contribution is 7.47. The van der Waals surface area contributed by atoms with Gasteiger partial charge in [-0.15, -0.1) is 0 Å². The summed E-state index contributed by atoms with van der Waals surface area (Å²) in [6.07, 6.45) is -16.3. The molecule has 3 aliphatic rings. The van der Waals surface area contributed by atoms with E-state index in [0.29, 0.717) is 12.3 Å². The van der Waals surface area contributed by atoms with Crippen LogP contribution in [0.4, 0.5) is 4.79 Å². The normalized spacial score (nSPS) is 31.8. The number of aliphatic hydroxyl groups is 6. The lowest BCUT2D eigenvalue weighted by Gasteiger charge is -2.49. The van der Waals surface area contributed by atoms with Crippen molar-refractivity contribution in [1.82, 2.24) is 10.6 Å². The number of ether oxygens (including phenoxy) is 7. The second-order valence-electron chi connectivity index (χ2n) is 22.8. The average Bonchev–Trinajstić information content (AvgIpc) is 3.36. The Bertz CT molecular complexity index is 1940. The molecular formula is C51H93N4O23P. The zero-order chi connectivity index (χ0) is 59.5. The topological polar surface area (TPSA) is 423 Å². The minimum atomic E-state index is -5.60. The molecule has 20 atom stereocenters. The fraction of sp³-hybridized carbons (Fsp3) is 0.902. The summed E-state index contributed by atoms with van der Waals surface area (Å²) in [5.74, 6) is -2.30. The Morgan fingerprint density at radius 3 is 1.73 bits per heavy atom. The number of aliphatic carboxylic acids is 1. The lowest BCUT2D eigenvalue weighted by molar-refractivity contribution is -0.357. The molecule has 3 fully saturated rings. The highest BCUT2D eigenvalue weighted by atomic mass is 31.2. The molecule has 0 radical (unpaired) electrons. The van der Waals surface area contributed by atoms with Gasteiger partial charge in [-0.05, 0) is 48.3 Å². The van der Waals surface area contributed by atoms with E-state index in [9.17, 15) is 69.2 Å². The van der Waals surface area contributed by atoms with E-state index in [2.05, 4.69) is 52.2 Å². The number of amides is 4. The van der Waals surface area contributed by atoms with Crippen LogP contribution in [0.2, 0.25) is 0 Å². The van der Waals surface area contributed by atoms with E-state index in [-0.39, 0.29) is 17.9 Å². The SMILES string of the molecule is CC(=O)N[C@H]1[C@H](O[C@H]2[C@@H](OP(=O)(O)OC[C@@H](OCCC(C)CCCCC(C)(C)CCC(C)CCC(C)CCCC(C)C)C(=O)O)O[C@H](C(N)=O)[C@H](O)[C@@H]2OC(N)=O)O[C@H](CO)[C@@H](O[C@@H]2O[C@H](CO)[C@@H](O)[C@H](O)[C@H]2NC(C)=O)[C@@H]1O. The van der Waals surface area contributed by atoms with E-state index in [1.807, 2.05) is 6.92 Å². The predicted molar refractivity (Wildman–Crippen MR) is 279 cm³/mol. The quantitative estimate of drug-likeness (QED) is 0.0313. The summed E-state index contributed by atoms with van der Waals surface area (Å²) in [5, 5.41) is 79.3. The number of carboxylic acids is 1. The molecular weight excluding hydrogens is 1070 g/mol. The number of nitrogens with one attached hydrogen (secondary N) is 2. The number of nitrogens with two attached hydrogens (primary N) is 2. The Kier molecular flexibility index (Phi) is 29.4. The van der Waals surface area contributed by atoms with Gasteiger partial charge in [-0.25, -0.2) is 14.2 Å². The van der Waals surface area contributed by atoms with Crippen LogP contribution in [-0.2, 0) is 65.9 Å². The largest absolute Gasteiger partial charge is 0.479 e. The number of carbonyl (C=O) groups excluding carboxylic acids is 4. The zero-order valence-corrected chi connectivity index (χ0v) is 48.1. The highest BCUT2D eigenvalue weighted by Crippen LogP contribution is 2.48. The number of carbonyl (C=O) groups is 5. The van der Waals surface area contributed by atoms with Gasteiger partial charge in [-0.2, -0.15) is 0 Å². The fourth-order valence-electron chi connectivity index (χ4n) is 9.85. The molecule has 79 heavy (non-hydrogen) atoms. The summed E-state index contributed by atoms with van der Waals surface area (Å²) in [6, 6.07) is -3.40. The van der Waals surface area contributed by atoms with Crippen LogP contribution in [0.25, 0.3) is 0 Å². The Morgan fingerprint density at radius 2 is 1.19 bits per heavy atom. The monoisotopic (exact) mass is 1160 g/mol. The summed E-state index contributed by atoms with van der Waals surface area (Å²) in [5.41, 5.74) is 10.9. The summed E-state index contributed by atoms with van der Waals surface area (Å²) in [7, 11) is -5.60. The molecule has 4 amide bonds. The molecule has 0 bridgehead atoms. The minimum absolute atomic E-state index is 0.0645. The smallest absolute Gasteiger partial charge is 0.474 e. The first-order chi connectivity index (χ1) is 36.9. The fourth-order valence-corrected chi connectivity index (χ4v) is 10.7. The molecule has 28 heteroatoms. The van der Waals surface area contributed by atoms with Crippen molar-refractivity contribution in [3.05, 3.63) is 0 Å². The van der Waals surface area contributed by atoms with Crippen molar-refractivity contribution in [2.45, 2.75) is 237 Å². The van der Waals surface area contributed by atoms with Gasteiger partial charge < -0.3 is 95.9 Å². The molecule has 0 spiro atoms. The maximum absolute atomic E-state index is 13.6. The predicted octanol–water partition coefficient (Wildman–Crippen LogP) is 1.19. The number of aliphatic hydroxyl groups excluding tert-OH is 6. The molecule has 0 aliphatic carbocycles. The van der Waals surface area contributed by atoms with Crippen LogP contribution in [0.5, 0.6) is 0 Å². The second kappa shape index (κ2) is 33.2. The molecule has 3 rings (SSSR count). The van der Waals surface area contributed by atoms with Gasteiger partial charge in [-0.1, -0.05) is 106 Å². The van der Waals surface area contributed by atoms with Crippen LogP contribution in [0.1, 0.15) is 139 Å². The number of phosphoric acid groups is 1. The molecule has 0 aromatic heterocycles. The molecule has 3 heterocycles. The minimum Gasteiger partial charge on any atom is -0.479 e. The Morgan fingerprint density at radius 1 is 0.646 bits per heavy atom. The number of hydrogen-bond acceptors (Lipinski definition) is 21. The first-order valence-corrected chi connectivity index (χ1v) is 28.9. The summed E-state index contributed by atoms with van der Waals surface area (Å²) >= 11 is 0. The number of rotatable bonds is 35. The number of phosphoric ester groups is 1. The maximum atomic E-state index is 13.6. The van der Waals surface area contributed by atoms with Crippen LogP contribution in [0, 0.1) is 29.1 Å². The van der Waals surface area contributed by atoms with Gasteiger partial charge in [0.2, 0.25) is 17.7 Å². The lowest BCUT2D eigenvalue weighted by Crippen LogP contribution is -2.70. The van der Waals surface area contributed by atoms with Gasteiger partial charge in [0.15, 0.2) is 43.3 Å². The van der Waals surface area contributed by atoms with Crippen LogP contribution >= 0.6 is 7.82 Å². The van der Waals surface area contributed by atoms with Crippen molar-refractivity contribution in [2.24, 2.45) is 40.6 Å². The Labute approximate surface area is 462 Å². The average molecular weight is 1160 g/mol. The van der Waals surface area contributed by atoms with E-state index in [1.165, 1.54) is 38.5 Å². The number of hydrogen-bond donors (Lipinski definition) is 12. The van der Waals surface area contributed by atoms with Gasteiger partial charge >= 0.3 is 19.9 Å². The number of primary amides is 2. The summed E-state index contributed by atoms with van der Waals surface area (Å²) in [4.78, 5) is 72.7. The first-order valence-electron chi connectivity index (χ1n) is 27.4. The van der Waals surface area contributed by atoms with E-state index in [0.717, 1.165) is 57.8 Å². The van der Waals surface area contributed by atoms with Crippen molar-refractivity contribution < 1.29 is 111 Å². The van der Waals surface area contributed by atoms with Gasteiger partial charge in [0.05, 0.1) is 19.8 Å². The summed E-state index contributed by atoms with van der Waals surface area (Å²) < 4.78 is 63.4. The van der Waals surface area contributed by atoms with Gasteiger partial charge in [0, 0.05) is 20.5 Å².